The molecule has 0 atom stereocenters. The minimum absolute atomic E-state index is 0.817. The van der Waals surface area contributed by atoms with Crippen molar-refractivity contribution in [1.29, 1.82) is 0 Å². The molecular weight excluding hydrogens is 318 g/mol. The monoisotopic (exact) mass is 339 g/mol. The molecule has 0 amide bonds. The maximum absolute atomic E-state index is 4.40. The van der Waals surface area contributed by atoms with Gasteiger partial charge in [-0.25, -0.2) is 4.98 Å². The molecule has 124 valence electrons. The zero-order chi connectivity index (χ0) is 16.4. The largest absolute Gasteiger partial charge is 0.380 e. The second-order valence-electron chi connectivity index (χ2n) is 6.05. The molecule has 3 heterocycles. The van der Waals surface area contributed by atoms with Crippen molar-refractivity contribution in [3.8, 4) is 11.4 Å². The fourth-order valence-electron chi connectivity index (χ4n) is 3.04. The predicted octanol–water partition coefficient (Wildman–Crippen LogP) is 3.91. The van der Waals surface area contributed by atoms with Crippen LogP contribution in [0.1, 0.15) is 35.5 Å². The molecule has 4 rings (SSSR count). The molecule has 5 nitrogen and oxygen atoms in total. The molecule has 0 unspecified atom stereocenters. The smallest absolute Gasteiger partial charge is 0.163 e. The van der Waals surface area contributed by atoms with Crippen LogP contribution in [0, 0.1) is 0 Å². The molecule has 0 saturated carbocycles. The lowest BCUT2D eigenvalue weighted by atomic mass is 10.1. The summed E-state index contributed by atoms with van der Waals surface area (Å²) >= 11 is 1.77. The summed E-state index contributed by atoms with van der Waals surface area (Å²) < 4.78 is 2.26. The fourth-order valence-corrected chi connectivity index (χ4v) is 3.84. The second kappa shape index (κ2) is 6.73. The summed E-state index contributed by atoms with van der Waals surface area (Å²) in [7, 11) is 0. The third-order valence-electron chi connectivity index (χ3n) is 4.37. The molecule has 1 aliphatic heterocycles. The first-order valence-electron chi connectivity index (χ1n) is 8.53. The normalized spacial score (nSPS) is 13.7. The van der Waals surface area contributed by atoms with E-state index in [1.54, 1.807) is 11.3 Å². The first-order chi connectivity index (χ1) is 11.8. The molecule has 2 aromatic heterocycles. The Balaban J connectivity index is 1.45. The summed E-state index contributed by atoms with van der Waals surface area (Å²) in [5, 5.41) is 13.4. The Bertz CT molecular complexity index is 818. The highest BCUT2D eigenvalue weighted by Gasteiger charge is 2.16. The number of nitrogens with zero attached hydrogens (tertiary/aromatic N) is 4. The Morgan fingerprint density at radius 3 is 2.83 bits per heavy atom. The number of hydrogen-bond donors (Lipinski definition) is 1. The van der Waals surface area contributed by atoms with Gasteiger partial charge in [-0.05, 0) is 43.5 Å². The van der Waals surface area contributed by atoms with Crippen molar-refractivity contribution < 1.29 is 0 Å². The Kier molecular flexibility index (Phi) is 4.30. The maximum Gasteiger partial charge on any atom is 0.163 e. The van der Waals surface area contributed by atoms with E-state index in [1.165, 1.54) is 22.7 Å². The summed E-state index contributed by atoms with van der Waals surface area (Å²) in [4.78, 5) is 5.66. The molecule has 1 aromatic carbocycles. The van der Waals surface area contributed by atoms with Crippen LogP contribution in [-0.4, -0.2) is 19.7 Å². The van der Waals surface area contributed by atoms with E-state index in [0.29, 0.717) is 0 Å². The average molecular weight is 339 g/mol. The SMILES string of the molecule is CCc1ncc(CNc2ccc(-c3nnc4n3CCCC4)cc2)s1. The van der Waals surface area contributed by atoms with Gasteiger partial charge in [-0.2, -0.15) is 0 Å². The number of aryl methyl sites for hydroxylation is 2. The molecule has 0 saturated heterocycles. The van der Waals surface area contributed by atoms with Gasteiger partial charge in [0.2, 0.25) is 0 Å². The standard InChI is InChI=1S/C18H21N5S/c1-2-17-20-12-15(24-17)11-19-14-8-6-13(7-9-14)18-22-21-16-5-3-4-10-23(16)18/h6-9,12,19H,2-5,10-11H2,1H3. The lowest BCUT2D eigenvalue weighted by molar-refractivity contribution is 0.526. The lowest BCUT2D eigenvalue weighted by Gasteiger charge is -2.14. The first kappa shape index (κ1) is 15.3. The summed E-state index contributed by atoms with van der Waals surface area (Å²) in [6.07, 6.45) is 6.45. The first-order valence-corrected chi connectivity index (χ1v) is 9.35. The van der Waals surface area contributed by atoms with Gasteiger partial charge in [-0.15, -0.1) is 21.5 Å². The summed E-state index contributed by atoms with van der Waals surface area (Å²) in [5.41, 5.74) is 2.25. The Morgan fingerprint density at radius 1 is 1.17 bits per heavy atom. The molecule has 1 N–H and O–H groups in total. The van der Waals surface area contributed by atoms with Crippen molar-refractivity contribution >= 4 is 17.0 Å². The van der Waals surface area contributed by atoms with Gasteiger partial charge in [0.25, 0.3) is 0 Å². The van der Waals surface area contributed by atoms with Crippen molar-refractivity contribution in [1.82, 2.24) is 19.7 Å². The van der Waals surface area contributed by atoms with E-state index in [0.717, 1.165) is 48.8 Å². The van der Waals surface area contributed by atoms with Crippen LogP contribution in [0.15, 0.2) is 30.5 Å². The van der Waals surface area contributed by atoms with Gasteiger partial charge in [0, 0.05) is 35.3 Å². The van der Waals surface area contributed by atoms with Gasteiger partial charge < -0.3 is 9.88 Å². The highest BCUT2D eigenvalue weighted by molar-refractivity contribution is 7.11. The second-order valence-corrected chi connectivity index (χ2v) is 7.25. The van der Waals surface area contributed by atoms with Crippen molar-refractivity contribution in [2.75, 3.05) is 5.32 Å². The highest BCUT2D eigenvalue weighted by atomic mass is 32.1. The molecule has 0 bridgehead atoms. The quantitative estimate of drug-likeness (QED) is 0.766. The predicted molar refractivity (Wildman–Crippen MR) is 97.2 cm³/mol. The number of fused-ring (bicyclic) bond motifs is 1. The van der Waals surface area contributed by atoms with Crippen LogP contribution in [-0.2, 0) is 25.9 Å². The van der Waals surface area contributed by atoms with Gasteiger partial charge >= 0.3 is 0 Å². The topological polar surface area (TPSA) is 55.6 Å². The van der Waals surface area contributed by atoms with Crippen LogP contribution in [0.4, 0.5) is 5.69 Å². The van der Waals surface area contributed by atoms with Crippen molar-refractivity contribution in [2.45, 2.75) is 45.7 Å². The zero-order valence-electron chi connectivity index (χ0n) is 13.8. The number of hydrogen-bond acceptors (Lipinski definition) is 5. The summed E-state index contributed by atoms with van der Waals surface area (Å²) in [5.74, 6) is 2.11. The van der Waals surface area contributed by atoms with Gasteiger partial charge in [0.05, 0.1) is 11.6 Å². The minimum Gasteiger partial charge on any atom is -0.380 e. The maximum atomic E-state index is 4.40. The van der Waals surface area contributed by atoms with Gasteiger partial charge in [-0.1, -0.05) is 6.92 Å². The van der Waals surface area contributed by atoms with Crippen LogP contribution in [0.2, 0.25) is 0 Å². The molecule has 0 aliphatic carbocycles. The van der Waals surface area contributed by atoms with Gasteiger partial charge in [0.15, 0.2) is 5.82 Å². The van der Waals surface area contributed by atoms with Crippen LogP contribution in [0.5, 0.6) is 0 Å². The number of thiazole rings is 1. The molecule has 0 radical (unpaired) electrons. The Labute approximate surface area is 145 Å². The van der Waals surface area contributed by atoms with Crippen LogP contribution < -0.4 is 5.32 Å². The number of aromatic nitrogens is 4. The van der Waals surface area contributed by atoms with Crippen molar-refractivity contribution in [3.63, 3.8) is 0 Å². The molecular formula is C18H21N5S. The van der Waals surface area contributed by atoms with Crippen LogP contribution in [0.25, 0.3) is 11.4 Å². The number of rotatable bonds is 5. The van der Waals surface area contributed by atoms with Gasteiger partial charge in [0.1, 0.15) is 5.82 Å². The van der Waals surface area contributed by atoms with E-state index < -0.39 is 0 Å². The molecule has 6 heteroatoms. The van der Waals surface area contributed by atoms with E-state index in [-0.39, 0.29) is 0 Å². The number of nitrogens with one attached hydrogen (secondary N) is 1. The zero-order valence-corrected chi connectivity index (χ0v) is 14.6. The van der Waals surface area contributed by atoms with Crippen LogP contribution >= 0.6 is 11.3 Å². The average Bonchev–Trinajstić information content (AvgIpc) is 3.27. The molecule has 1 aliphatic rings. The van der Waals surface area contributed by atoms with E-state index in [9.17, 15) is 0 Å². The third kappa shape index (κ3) is 3.06. The lowest BCUT2D eigenvalue weighted by Crippen LogP contribution is -2.11. The minimum atomic E-state index is 0.817. The number of anilines is 1. The van der Waals surface area contributed by atoms with Crippen molar-refractivity contribution in [2.24, 2.45) is 0 Å². The van der Waals surface area contributed by atoms with E-state index >= 15 is 0 Å². The molecule has 24 heavy (non-hydrogen) atoms. The van der Waals surface area contributed by atoms with E-state index in [4.69, 9.17) is 0 Å². The highest BCUT2D eigenvalue weighted by Crippen LogP contribution is 2.24. The summed E-state index contributed by atoms with van der Waals surface area (Å²) in [6, 6.07) is 8.47. The van der Waals surface area contributed by atoms with E-state index in [2.05, 4.69) is 56.3 Å². The Morgan fingerprint density at radius 2 is 2.04 bits per heavy atom. The number of benzene rings is 1. The molecule has 0 fully saturated rings. The Hall–Kier alpha value is -2.21. The summed E-state index contributed by atoms with van der Waals surface area (Å²) in [6.45, 7) is 3.98. The van der Waals surface area contributed by atoms with E-state index in [1.807, 2.05) is 6.20 Å². The third-order valence-corrected chi connectivity index (χ3v) is 5.51. The van der Waals surface area contributed by atoms with Crippen LogP contribution in [0.3, 0.4) is 0 Å². The fraction of sp³-hybridized carbons (Fsp3) is 0.389. The van der Waals surface area contributed by atoms with Crippen molar-refractivity contribution in [3.05, 3.63) is 46.2 Å². The molecule has 0 spiro atoms. The van der Waals surface area contributed by atoms with Gasteiger partial charge in [-0.3, -0.25) is 0 Å². The molecule has 3 aromatic rings.